The monoisotopic (exact) mass is 261 g/mol. The van der Waals surface area contributed by atoms with Crippen LogP contribution in [0.15, 0.2) is 27.7 Å². The van der Waals surface area contributed by atoms with Crippen LogP contribution in [0.25, 0.3) is 0 Å². The first kappa shape index (κ1) is 11.0. The van der Waals surface area contributed by atoms with Gasteiger partial charge in [0, 0.05) is 5.90 Å². The lowest BCUT2D eigenvalue weighted by Crippen LogP contribution is -2.22. The minimum Gasteiger partial charge on any atom is -0.370 e. The SMILES string of the molecule is NC(N)=NCc1ccc(CF)c(Br)c1.[HH]. The van der Waals surface area contributed by atoms with E-state index in [1.807, 2.05) is 0 Å². The molecule has 0 aliphatic rings. The maximum atomic E-state index is 12.3. The lowest BCUT2D eigenvalue weighted by molar-refractivity contribution is 0.484. The van der Waals surface area contributed by atoms with Gasteiger partial charge in [-0.3, -0.25) is 0 Å². The van der Waals surface area contributed by atoms with Gasteiger partial charge in [-0.15, -0.1) is 0 Å². The number of nitrogens with two attached hydrogens (primary N) is 2. The van der Waals surface area contributed by atoms with Crippen LogP contribution in [-0.2, 0) is 13.2 Å². The van der Waals surface area contributed by atoms with Crippen LogP contribution in [0.3, 0.4) is 0 Å². The smallest absolute Gasteiger partial charge is 0.186 e. The summed E-state index contributed by atoms with van der Waals surface area (Å²) in [6.07, 6.45) is 0. The van der Waals surface area contributed by atoms with Crippen LogP contribution in [0.2, 0.25) is 0 Å². The standard InChI is InChI=1S/C9H11BrFN3.H2/c10-8-3-6(5-14-9(12)13)1-2-7(8)4-11;/h1-3H,4-5H2,(H4,12,13,14);1H. The predicted molar refractivity (Wildman–Crippen MR) is 60.6 cm³/mol. The maximum Gasteiger partial charge on any atom is 0.186 e. The number of aliphatic imine (C=N–C) groups is 1. The molecule has 0 aliphatic heterocycles. The summed E-state index contributed by atoms with van der Waals surface area (Å²) in [5.74, 6) is 0.0516. The number of alkyl halides is 1. The Hall–Kier alpha value is -1.10. The molecule has 0 unspecified atom stereocenters. The van der Waals surface area contributed by atoms with Crippen LogP contribution in [0.5, 0.6) is 0 Å². The summed E-state index contributed by atoms with van der Waals surface area (Å²) < 4.78 is 13.1. The second-order valence-electron chi connectivity index (χ2n) is 2.80. The summed E-state index contributed by atoms with van der Waals surface area (Å²) in [7, 11) is 0. The molecule has 1 aromatic carbocycles. The Bertz CT molecular complexity index is 353. The first-order valence-corrected chi connectivity index (χ1v) is 4.81. The van der Waals surface area contributed by atoms with Crippen molar-refractivity contribution in [3.63, 3.8) is 0 Å². The number of hydrogen-bond acceptors (Lipinski definition) is 1. The van der Waals surface area contributed by atoms with Crippen LogP contribution in [0.1, 0.15) is 12.6 Å². The normalized spacial score (nSPS) is 9.86. The topological polar surface area (TPSA) is 64.4 Å². The van der Waals surface area contributed by atoms with E-state index in [4.69, 9.17) is 11.5 Å². The van der Waals surface area contributed by atoms with Gasteiger partial charge in [-0.1, -0.05) is 28.1 Å². The van der Waals surface area contributed by atoms with E-state index in [1.165, 1.54) is 0 Å². The molecule has 0 atom stereocenters. The molecule has 0 aliphatic carbocycles. The Kier molecular flexibility index (Phi) is 3.88. The van der Waals surface area contributed by atoms with E-state index in [9.17, 15) is 4.39 Å². The summed E-state index contributed by atoms with van der Waals surface area (Å²) in [5.41, 5.74) is 11.9. The van der Waals surface area contributed by atoms with Gasteiger partial charge in [0.2, 0.25) is 0 Å². The van der Waals surface area contributed by atoms with E-state index < -0.39 is 6.67 Å². The van der Waals surface area contributed by atoms with Gasteiger partial charge in [-0.25, -0.2) is 9.38 Å². The van der Waals surface area contributed by atoms with Gasteiger partial charge in [-0.2, -0.15) is 0 Å². The largest absolute Gasteiger partial charge is 0.370 e. The molecule has 0 fully saturated rings. The highest BCUT2D eigenvalue weighted by molar-refractivity contribution is 9.10. The highest BCUT2D eigenvalue weighted by Gasteiger charge is 2.00. The number of halogens is 2. The van der Waals surface area contributed by atoms with Crippen molar-refractivity contribution in [1.29, 1.82) is 0 Å². The van der Waals surface area contributed by atoms with Crippen molar-refractivity contribution >= 4 is 21.9 Å². The van der Waals surface area contributed by atoms with Crippen molar-refractivity contribution in [3.8, 4) is 0 Å². The zero-order chi connectivity index (χ0) is 10.6. The molecular weight excluding hydrogens is 249 g/mol. The van der Waals surface area contributed by atoms with Gasteiger partial charge in [0.1, 0.15) is 6.67 Å². The van der Waals surface area contributed by atoms with Crippen molar-refractivity contribution in [2.75, 3.05) is 0 Å². The predicted octanol–water partition coefficient (Wildman–Crippen LogP) is 1.94. The van der Waals surface area contributed by atoms with Crippen LogP contribution in [0.4, 0.5) is 4.39 Å². The molecule has 4 N–H and O–H groups in total. The fraction of sp³-hybridized carbons (Fsp3) is 0.222. The molecule has 3 nitrogen and oxygen atoms in total. The molecule has 0 radical (unpaired) electrons. The van der Waals surface area contributed by atoms with E-state index in [2.05, 4.69) is 20.9 Å². The fourth-order valence-corrected chi connectivity index (χ4v) is 1.51. The van der Waals surface area contributed by atoms with Crippen molar-refractivity contribution in [2.24, 2.45) is 16.5 Å². The summed E-state index contributed by atoms with van der Waals surface area (Å²) in [6.45, 7) is -0.0728. The molecule has 0 saturated carbocycles. The van der Waals surface area contributed by atoms with Crippen LogP contribution >= 0.6 is 15.9 Å². The average Bonchev–Trinajstić information content (AvgIpc) is 2.15. The second-order valence-corrected chi connectivity index (χ2v) is 3.65. The maximum absolute atomic E-state index is 12.3. The molecule has 0 amide bonds. The van der Waals surface area contributed by atoms with Crippen molar-refractivity contribution in [3.05, 3.63) is 33.8 Å². The zero-order valence-corrected chi connectivity index (χ0v) is 9.09. The lowest BCUT2D eigenvalue weighted by Gasteiger charge is -2.02. The quantitative estimate of drug-likeness (QED) is 0.645. The van der Waals surface area contributed by atoms with Crippen molar-refractivity contribution in [2.45, 2.75) is 13.2 Å². The van der Waals surface area contributed by atoms with Gasteiger partial charge in [-0.05, 0) is 17.2 Å². The number of guanidine groups is 1. The zero-order valence-electron chi connectivity index (χ0n) is 7.50. The van der Waals surface area contributed by atoms with Crippen molar-refractivity contribution < 1.29 is 5.82 Å². The molecule has 5 heteroatoms. The molecule has 78 valence electrons. The Labute approximate surface area is 91.6 Å². The molecular formula is C9H13BrFN3. The summed E-state index contributed by atoms with van der Waals surface area (Å²) >= 11 is 3.26. The molecule has 0 saturated heterocycles. The Morgan fingerprint density at radius 2 is 2.21 bits per heavy atom. The van der Waals surface area contributed by atoms with Gasteiger partial charge in [0.05, 0.1) is 6.54 Å². The van der Waals surface area contributed by atoms with E-state index in [-0.39, 0.29) is 7.39 Å². The minimum atomic E-state index is -0.483. The molecule has 14 heavy (non-hydrogen) atoms. The third kappa shape index (κ3) is 2.99. The fourth-order valence-electron chi connectivity index (χ4n) is 0.980. The Morgan fingerprint density at radius 3 is 2.71 bits per heavy atom. The number of hydrogen-bond donors (Lipinski definition) is 2. The van der Waals surface area contributed by atoms with E-state index in [0.717, 1.165) is 10.0 Å². The van der Waals surface area contributed by atoms with Crippen LogP contribution in [0, 0.1) is 0 Å². The van der Waals surface area contributed by atoms with E-state index >= 15 is 0 Å². The third-order valence-corrected chi connectivity index (χ3v) is 2.44. The van der Waals surface area contributed by atoms with Crippen LogP contribution in [-0.4, -0.2) is 5.96 Å². The summed E-state index contributed by atoms with van der Waals surface area (Å²) in [6, 6.07) is 5.31. The highest BCUT2D eigenvalue weighted by atomic mass is 79.9. The second kappa shape index (κ2) is 4.95. The minimum absolute atomic E-state index is 0. The molecule has 1 rings (SSSR count). The van der Waals surface area contributed by atoms with E-state index in [1.54, 1.807) is 18.2 Å². The van der Waals surface area contributed by atoms with E-state index in [0.29, 0.717) is 12.1 Å². The summed E-state index contributed by atoms with van der Waals surface area (Å²) in [4.78, 5) is 3.85. The van der Waals surface area contributed by atoms with Crippen LogP contribution < -0.4 is 11.5 Å². The van der Waals surface area contributed by atoms with Gasteiger partial charge < -0.3 is 11.5 Å². The lowest BCUT2D eigenvalue weighted by atomic mass is 10.1. The average molecular weight is 262 g/mol. The highest BCUT2D eigenvalue weighted by Crippen LogP contribution is 2.19. The van der Waals surface area contributed by atoms with Crippen molar-refractivity contribution in [1.82, 2.24) is 0 Å². The summed E-state index contributed by atoms with van der Waals surface area (Å²) in [5, 5.41) is 0. The number of rotatable bonds is 3. The molecule has 1 aromatic rings. The van der Waals surface area contributed by atoms with Gasteiger partial charge in [0.25, 0.3) is 0 Å². The number of nitrogens with zero attached hydrogens (tertiary/aromatic N) is 1. The van der Waals surface area contributed by atoms with Gasteiger partial charge in [0.15, 0.2) is 5.96 Å². The Balaban J connectivity index is 0.00000196. The first-order chi connectivity index (χ1) is 6.63. The molecule has 0 bridgehead atoms. The molecule has 0 heterocycles. The molecule has 0 aromatic heterocycles. The first-order valence-electron chi connectivity index (χ1n) is 4.02. The molecule has 0 spiro atoms. The Morgan fingerprint density at radius 1 is 1.50 bits per heavy atom. The number of benzene rings is 1. The third-order valence-electron chi connectivity index (χ3n) is 1.71. The van der Waals surface area contributed by atoms with Gasteiger partial charge >= 0.3 is 0 Å².